The molecule has 0 aliphatic heterocycles. The Hall–Kier alpha value is -1.07. The predicted molar refractivity (Wildman–Crippen MR) is 66.5 cm³/mol. The summed E-state index contributed by atoms with van der Waals surface area (Å²) >= 11 is 4.40. The van der Waals surface area contributed by atoms with E-state index in [-0.39, 0.29) is 11.1 Å². The van der Waals surface area contributed by atoms with Crippen LogP contribution in [0.25, 0.3) is 0 Å². The first kappa shape index (κ1) is 12.4. The van der Waals surface area contributed by atoms with Crippen LogP contribution in [-0.2, 0) is 0 Å². The Morgan fingerprint density at radius 3 is 2.53 bits per heavy atom. The number of carbonyl (C=O) groups is 1. The van der Waals surface area contributed by atoms with E-state index >= 15 is 0 Å². The lowest BCUT2D eigenvalue weighted by molar-refractivity contribution is 0.103. The van der Waals surface area contributed by atoms with Gasteiger partial charge in [0.2, 0.25) is 5.78 Å². The molecule has 0 atom stereocenters. The third-order valence-electron chi connectivity index (χ3n) is 2.29. The van der Waals surface area contributed by atoms with Gasteiger partial charge in [-0.2, -0.15) is 0 Å². The second-order valence-corrected chi connectivity index (χ2v) is 5.98. The van der Waals surface area contributed by atoms with Crippen LogP contribution in [-0.4, -0.2) is 5.78 Å². The Labute approximate surface area is 109 Å². The van der Waals surface area contributed by atoms with E-state index in [2.05, 4.69) is 15.9 Å². The highest BCUT2D eigenvalue weighted by Gasteiger charge is 2.17. The molecule has 1 heterocycles. The molecule has 1 nitrogen and oxygen atoms in total. The molecule has 1 aromatic heterocycles. The van der Waals surface area contributed by atoms with Crippen molar-refractivity contribution in [2.45, 2.75) is 6.92 Å². The third-order valence-corrected chi connectivity index (χ3v) is 3.91. The molecule has 0 radical (unpaired) electrons. The van der Waals surface area contributed by atoms with E-state index in [1.807, 2.05) is 0 Å². The third kappa shape index (κ3) is 2.45. The van der Waals surface area contributed by atoms with E-state index in [9.17, 15) is 13.6 Å². The van der Waals surface area contributed by atoms with Crippen molar-refractivity contribution in [3.05, 3.63) is 55.7 Å². The molecule has 17 heavy (non-hydrogen) atoms. The van der Waals surface area contributed by atoms with Gasteiger partial charge in [0.05, 0.1) is 14.2 Å². The summed E-state index contributed by atoms with van der Waals surface area (Å²) < 4.78 is 27.7. The molecule has 0 aliphatic rings. The van der Waals surface area contributed by atoms with Crippen molar-refractivity contribution < 1.29 is 13.6 Å². The number of rotatable bonds is 2. The Morgan fingerprint density at radius 2 is 1.94 bits per heavy atom. The van der Waals surface area contributed by atoms with Crippen LogP contribution in [0.4, 0.5) is 8.78 Å². The molecule has 0 bridgehead atoms. The van der Waals surface area contributed by atoms with Crippen molar-refractivity contribution in [2.24, 2.45) is 0 Å². The number of benzene rings is 1. The molecule has 0 unspecified atom stereocenters. The van der Waals surface area contributed by atoms with Crippen LogP contribution < -0.4 is 0 Å². The van der Waals surface area contributed by atoms with E-state index in [1.165, 1.54) is 18.3 Å². The number of aryl methyl sites for hydroxylation is 1. The summed E-state index contributed by atoms with van der Waals surface area (Å²) in [6.07, 6.45) is 0. The predicted octanol–water partition coefficient (Wildman–Crippen LogP) is 4.33. The number of carbonyl (C=O) groups excluding carboxylic acids is 1. The van der Waals surface area contributed by atoms with Gasteiger partial charge in [0.25, 0.3) is 0 Å². The van der Waals surface area contributed by atoms with Gasteiger partial charge in [0, 0.05) is 0 Å². The Bertz CT molecular complexity index is 592. The molecule has 0 spiro atoms. The molecular formula is C12H7BrF2OS. The number of hydrogen-bond acceptors (Lipinski definition) is 2. The van der Waals surface area contributed by atoms with Crippen molar-refractivity contribution in [3.8, 4) is 0 Å². The fraction of sp³-hybridized carbons (Fsp3) is 0.0833. The zero-order valence-electron chi connectivity index (χ0n) is 8.76. The minimum absolute atomic E-state index is 0.186. The lowest BCUT2D eigenvalue weighted by atomic mass is 10.1. The number of halogens is 3. The molecule has 0 aliphatic carbocycles. The van der Waals surface area contributed by atoms with Crippen LogP contribution in [0.3, 0.4) is 0 Å². The molecule has 88 valence electrons. The van der Waals surface area contributed by atoms with Gasteiger partial charge in [-0.25, -0.2) is 8.78 Å². The van der Waals surface area contributed by atoms with Crippen LogP contribution in [0, 0.1) is 18.6 Å². The van der Waals surface area contributed by atoms with Crippen LogP contribution in [0.2, 0.25) is 0 Å². The largest absolute Gasteiger partial charge is 0.288 e. The Kier molecular flexibility index (Phi) is 3.40. The van der Waals surface area contributed by atoms with Gasteiger partial charge in [-0.05, 0) is 52.7 Å². The molecular weight excluding hydrogens is 310 g/mol. The maximum atomic E-state index is 13.6. The molecule has 2 rings (SSSR count). The molecule has 2 aromatic rings. The topological polar surface area (TPSA) is 17.1 Å². The number of ketones is 1. The van der Waals surface area contributed by atoms with Crippen LogP contribution in [0.1, 0.15) is 20.8 Å². The highest BCUT2D eigenvalue weighted by atomic mass is 79.9. The number of hydrogen-bond donors (Lipinski definition) is 0. The minimum atomic E-state index is -0.696. The maximum Gasteiger partial charge on any atom is 0.206 e. The second-order valence-electron chi connectivity index (χ2n) is 3.51. The quantitative estimate of drug-likeness (QED) is 0.754. The Balaban J connectivity index is 2.47. The molecule has 0 fully saturated rings. The summed E-state index contributed by atoms with van der Waals surface area (Å²) in [5, 5.41) is 0. The summed E-state index contributed by atoms with van der Waals surface area (Å²) in [6, 6.07) is 5.25. The number of thiophene rings is 1. The average molecular weight is 317 g/mol. The van der Waals surface area contributed by atoms with Crippen LogP contribution in [0.5, 0.6) is 0 Å². The van der Waals surface area contributed by atoms with Gasteiger partial charge in [-0.3, -0.25) is 4.79 Å². The van der Waals surface area contributed by atoms with Crippen molar-refractivity contribution >= 4 is 33.0 Å². The summed E-state index contributed by atoms with van der Waals surface area (Å²) in [7, 11) is 0. The highest BCUT2D eigenvalue weighted by molar-refractivity contribution is 9.11. The van der Waals surface area contributed by atoms with Gasteiger partial charge in [0.15, 0.2) is 0 Å². The SMILES string of the molecule is Cc1cc(F)c(C(=O)c2ccc(Br)s2)cc1F. The van der Waals surface area contributed by atoms with Crippen molar-refractivity contribution in [1.29, 1.82) is 0 Å². The van der Waals surface area contributed by atoms with Gasteiger partial charge < -0.3 is 0 Å². The molecule has 0 saturated carbocycles. The molecule has 0 N–H and O–H groups in total. The fourth-order valence-electron chi connectivity index (χ4n) is 1.39. The fourth-order valence-corrected chi connectivity index (χ4v) is 2.73. The standard InChI is InChI=1S/C12H7BrF2OS/c1-6-4-9(15)7(5-8(6)14)12(16)10-2-3-11(13)17-10/h2-5H,1H3. The lowest BCUT2D eigenvalue weighted by Crippen LogP contribution is -2.04. The maximum absolute atomic E-state index is 13.6. The van der Waals surface area contributed by atoms with Gasteiger partial charge in [0.1, 0.15) is 11.6 Å². The summed E-state index contributed by atoms with van der Waals surface area (Å²) in [5.74, 6) is -1.78. The van der Waals surface area contributed by atoms with Crippen LogP contribution in [0.15, 0.2) is 28.1 Å². The molecule has 0 amide bonds. The summed E-state index contributed by atoms with van der Waals surface area (Å²) in [5.41, 5.74) is -0.0474. The first-order chi connectivity index (χ1) is 7.99. The summed E-state index contributed by atoms with van der Waals surface area (Å²) in [6.45, 7) is 1.45. The van der Waals surface area contributed by atoms with E-state index in [1.54, 1.807) is 12.1 Å². The van der Waals surface area contributed by atoms with E-state index in [4.69, 9.17) is 0 Å². The van der Waals surface area contributed by atoms with Crippen molar-refractivity contribution in [1.82, 2.24) is 0 Å². The molecule has 1 aromatic carbocycles. The van der Waals surface area contributed by atoms with Gasteiger partial charge >= 0.3 is 0 Å². The minimum Gasteiger partial charge on any atom is -0.288 e. The van der Waals surface area contributed by atoms with Gasteiger partial charge in [-0.1, -0.05) is 0 Å². The molecule has 0 saturated heterocycles. The first-order valence-electron chi connectivity index (χ1n) is 4.74. The van der Waals surface area contributed by atoms with Crippen molar-refractivity contribution in [2.75, 3.05) is 0 Å². The van der Waals surface area contributed by atoms with E-state index in [0.29, 0.717) is 4.88 Å². The normalized spacial score (nSPS) is 10.6. The Morgan fingerprint density at radius 1 is 1.24 bits per heavy atom. The monoisotopic (exact) mass is 316 g/mol. The average Bonchev–Trinajstić information content (AvgIpc) is 2.69. The summed E-state index contributed by atoms with van der Waals surface area (Å²) in [4.78, 5) is 12.3. The first-order valence-corrected chi connectivity index (χ1v) is 6.35. The highest BCUT2D eigenvalue weighted by Crippen LogP contribution is 2.26. The van der Waals surface area contributed by atoms with E-state index < -0.39 is 17.4 Å². The lowest BCUT2D eigenvalue weighted by Gasteiger charge is -2.03. The second kappa shape index (κ2) is 4.66. The van der Waals surface area contributed by atoms with Gasteiger partial charge in [-0.15, -0.1) is 11.3 Å². The zero-order chi connectivity index (χ0) is 12.6. The van der Waals surface area contributed by atoms with E-state index in [0.717, 1.165) is 15.9 Å². The zero-order valence-corrected chi connectivity index (χ0v) is 11.2. The molecule has 5 heteroatoms. The van der Waals surface area contributed by atoms with Crippen LogP contribution >= 0.6 is 27.3 Å². The smallest absolute Gasteiger partial charge is 0.206 e. The van der Waals surface area contributed by atoms with Crippen molar-refractivity contribution in [3.63, 3.8) is 0 Å².